The molecule has 0 aliphatic carbocycles. The molecule has 0 fully saturated rings. The van der Waals surface area contributed by atoms with Gasteiger partial charge in [-0.15, -0.1) is 0 Å². The molecule has 0 rings (SSSR count). The average molecular weight is 206 g/mol. The molecule has 0 bridgehead atoms. The van der Waals surface area contributed by atoms with Crippen LogP contribution < -0.4 is 5.32 Å². The van der Waals surface area contributed by atoms with Gasteiger partial charge in [-0.25, -0.2) is 9.00 Å². The molecule has 1 atom stereocenters. The lowest BCUT2D eigenvalue weighted by Crippen LogP contribution is -2.43. The van der Waals surface area contributed by atoms with Gasteiger partial charge in [0.1, 0.15) is 5.94 Å². The average Bonchev–Trinajstić information content (AvgIpc) is 2.02. The van der Waals surface area contributed by atoms with E-state index < -0.39 is 16.9 Å². The van der Waals surface area contributed by atoms with E-state index in [2.05, 4.69) is 9.50 Å². The molecule has 0 amide bonds. The molecule has 6 heteroatoms. The molecule has 0 saturated heterocycles. The smallest absolute Gasteiger partial charge is 0.121 e. The van der Waals surface area contributed by atoms with Crippen molar-refractivity contribution in [1.82, 2.24) is 5.32 Å². The van der Waals surface area contributed by atoms with Crippen LogP contribution in [0.5, 0.6) is 0 Å². The molecule has 0 aromatic rings. The zero-order valence-corrected chi connectivity index (χ0v) is 8.35. The highest BCUT2D eigenvalue weighted by Crippen LogP contribution is 2.02. The Kier molecular flexibility index (Phi) is 5.77. The molecule has 0 aromatic heterocycles. The second kappa shape index (κ2) is 6.01. The van der Waals surface area contributed by atoms with Crippen molar-refractivity contribution < 1.29 is 17.7 Å². The summed E-state index contributed by atoms with van der Waals surface area (Å²) in [5.41, 5.74) is -0.493. The van der Waals surface area contributed by atoms with E-state index in [9.17, 15) is 13.6 Å². The van der Waals surface area contributed by atoms with Gasteiger partial charge in [-0.1, -0.05) is 0 Å². The van der Waals surface area contributed by atoms with Crippen LogP contribution in [0.15, 0.2) is 6.08 Å². The van der Waals surface area contributed by atoms with Gasteiger partial charge in [-0.05, 0) is 13.8 Å². The highest BCUT2D eigenvalue weighted by atomic mass is 32.2. The van der Waals surface area contributed by atoms with E-state index in [0.717, 1.165) is 0 Å². The standard InChI is InChI=1S/C7H13NO4S/c1-7(2,6-12-13(10)11)8-4-3-5-9/h3,8H,4,6H2,1-2H3,(H,10,11)/p-1. The van der Waals surface area contributed by atoms with Gasteiger partial charge in [0.05, 0.1) is 18.0 Å². The minimum Gasteiger partial charge on any atom is -0.750 e. The molecule has 0 radical (unpaired) electrons. The van der Waals surface area contributed by atoms with E-state index >= 15 is 0 Å². The molecule has 76 valence electrons. The van der Waals surface area contributed by atoms with Crippen LogP contribution in [0.25, 0.3) is 0 Å². The summed E-state index contributed by atoms with van der Waals surface area (Å²) in [5, 5.41) is 2.90. The summed E-state index contributed by atoms with van der Waals surface area (Å²) < 4.78 is 24.5. The Morgan fingerprint density at radius 3 is 2.77 bits per heavy atom. The first kappa shape index (κ1) is 12.5. The Labute approximate surface area is 79.7 Å². The Morgan fingerprint density at radius 1 is 1.69 bits per heavy atom. The van der Waals surface area contributed by atoms with Crippen molar-refractivity contribution in [2.75, 3.05) is 13.2 Å². The van der Waals surface area contributed by atoms with Crippen LogP contribution in [0.4, 0.5) is 0 Å². The first-order valence-electron chi connectivity index (χ1n) is 3.65. The summed E-state index contributed by atoms with van der Waals surface area (Å²) in [6.45, 7) is 3.89. The van der Waals surface area contributed by atoms with Crippen molar-refractivity contribution in [3.63, 3.8) is 0 Å². The fourth-order valence-electron chi connectivity index (χ4n) is 0.615. The van der Waals surface area contributed by atoms with E-state index in [1.54, 1.807) is 19.8 Å². The maximum atomic E-state index is 10.1. The Balaban J connectivity index is 3.78. The summed E-state index contributed by atoms with van der Waals surface area (Å²) in [7, 11) is 0. The molecule has 0 aromatic carbocycles. The molecule has 5 nitrogen and oxygen atoms in total. The predicted octanol–water partition coefficient (Wildman–Crippen LogP) is -0.447. The summed E-state index contributed by atoms with van der Waals surface area (Å²) in [4.78, 5) is 9.81. The third-order valence-electron chi connectivity index (χ3n) is 1.28. The minimum atomic E-state index is -2.50. The van der Waals surface area contributed by atoms with Gasteiger partial charge in [0.15, 0.2) is 0 Å². The Bertz CT molecular complexity index is 215. The van der Waals surface area contributed by atoms with Crippen LogP contribution in [0.1, 0.15) is 13.8 Å². The normalized spacial score (nSPS) is 13.5. The van der Waals surface area contributed by atoms with Crippen LogP contribution in [-0.4, -0.2) is 33.4 Å². The summed E-state index contributed by atoms with van der Waals surface area (Å²) in [6.07, 6.45) is 1.27. The van der Waals surface area contributed by atoms with E-state index in [1.165, 1.54) is 6.08 Å². The van der Waals surface area contributed by atoms with Crippen LogP contribution >= 0.6 is 0 Å². The molecule has 0 aliphatic rings. The maximum Gasteiger partial charge on any atom is 0.121 e. The SMILES string of the molecule is CC(C)(COS(=O)[O-])NCC=C=O. The van der Waals surface area contributed by atoms with Crippen LogP contribution in [0, 0.1) is 0 Å². The van der Waals surface area contributed by atoms with Gasteiger partial charge in [0.25, 0.3) is 0 Å². The summed E-state index contributed by atoms with van der Waals surface area (Å²) in [5.74, 6) is 1.61. The fraction of sp³-hybridized carbons (Fsp3) is 0.714. The fourth-order valence-corrected chi connectivity index (χ4v) is 1.01. The van der Waals surface area contributed by atoms with E-state index in [0.29, 0.717) is 6.54 Å². The van der Waals surface area contributed by atoms with Gasteiger partial charge in [-0.2, -0.15) is 0 Å². The molecule has 0 spiro atoms. The van der Waals surface area contributed by atoms with Crippen molar-refractivity contribution >= 4 is 17.3 Å². The van der Waals surface area contributed by atoms with E-state index in [1.807, 2.05) is 0 Å². The quantitative estimate of drug-likeness (QED) is 0.470. The molecule has 1 N–H and O–H groups in total. The maximum absolute atomic E-state index is 10.1. The molecular weight excluding hydrogens is 194 g/mol. The topological polar surface area (TPSA) is 78.5 Å². The Hall–Kier alpha value is -0.520. The van der Waals surface area contributed by atoms with Crippen LogP contribution in [-0.2, 0) is 20.3 Å². The van der Waals surface area contributed by atoms with Crippen molar-refractivity contribution in [3.05, 3.63) is 6.08 Å². The predicted molar refractivity (Wildman–Crippen MR) is 47.2 cm³/mol. The minimum absolute atomic E-state index is 0.0236. The van der Waals surface area contributed by atoms with Crippen molar-refractivity contribution in [2.24, 2.45) is 0 Å². The number of hydrogen-bond acceptors (Lipinski definition) is 5. The molecule has 0 heterocycles. The lowest BCUT2D eigenvalue weighted by atomic mass is 10.1. The summed E-state index contributed by atoms with van der Waals surface area (Å²) in [6, 6.07) is 0. The molecule has 0 saturated carbocycles. The Morgan fingerprint density at radius 2 is 2.31 bits per heavy atom. The largest absolute Gasteiger partial charge is 0.750 e. The third kappa shape index (κ3) is 7.83. The highest BCUT2D eigenvalue weighted by molar-refractivity contribution is 7.74. The molecule has 1 unspecified atom stereocenters. The monoisotopic (exact) mass is 206 g/mol. The van der Waals surface area contributed by atoms with Crippen molar-refractivity contribution in [2.45, 2.75) is 19.4 Å². The van der Waals surface area contributed by atoms with Gasteiger partial charge >= 0.3 is 0 Å². The summed E-state index contributed by atoms with van der Waals surface area (Å²) >= 11 is -2.50. The lowest BCUT2D eigenvalue weighted by molar-refractivity contribution is 0.211. The first-order valence-corrected chi connectivity index (χ1v) is 4.65. The van der Waals surface area contributed by atoms with Crippen molar-refractivity contribution in [3.8, 4) is 0 Å². The zero-order valence-electron chi connectivity index (χ0n) is 7.53. The van der Waals surface area contributed by atoms with Gasteiger partial charge < -0.3 is 9.87 Å². The van der Waals surface area contributed by atoms with Gasteiger partial charge in [-0.3, -0.25) is 4.18 Å². The molecule has 13 heavy (non-hydrogen) atoms. The number of rotatable bonds is 6. The van der Waals surface area contributed by atoms with Crippen LogP contribution in [0.2, 0.25) is 0 Å². The number of hydrogen-bond donors (Lipinski definition) is 1. The highest BCUT2D eigenvalue weighted by Gasteiger charge is 2.16. The molecular formula is C7H12NO4S-. The number of nitrogens with one attached hydrogen (secondary N) is 1. The van der Waals surface area contributed by atoms with Crippen molar-refractivity contribution in [1.29, 1.82) is 0 Å². The van der Waals surface area contributed by atoms with Crippen LogP contribution in [0.3, 0.4) is 0 Å². The second-order valence-electron chi connectivity index (χ2n) is 3.05. The van der Waals surface area contributed by atoms with Gasteiger partial charge in [0.2, 0.25) is 0 Å². The van der Waals surface area contributed by atoms with Gasteiger partial charge in [0, 0.05) is 18.2 Å². The second-order valence-corrected chi connectivity index (χ2v) is 3.70. The first-order chi connectivity index (χ1) is 5.98. The number of carbonyl (C=O) groups excluding carboxylic acids is 1. The molecule has 0 aliphatic heterocycles. The zero-order chi connectivity index (χ0) is 10.3. The lowest BCUT2D eigenvalue weighted by Gasteiger charge is -2.25. The third-order valence-corrected chi connectivity index (χ3v) is 1.59. The van der Waals surface area contributed by atoms with E-state index in [-0.39, 0.29) is 6.61 Å². The van der Waals surface area contributed by atoms with E-state index in [4.69, 9.17) is 0 Å².